The second-order valence-electron chi connectivity index (χ2n) is 5.90. The standard InChI is InChI=1S/C21H19NO3/c1-21(16-9-4-2-5-10-16,17-11-6-3-7-12-17)20(24)25-15-18-19(23)13-8-14-22-18/h2-14,23H,15H2,1H3. The van der Waals surface area contributed by atoms with Crippen molar-refractivity contribution in [3.8, 4) is 5.75 Å². The van der Waals surface area contributed by atoms with Crippen molar-refractivity contribution in [2.75, 3.05) is 0 Å². The average molecular weight is 333 g/mol. The smallest absolute Gasteiger partial charge is 0.321 e. The van der Waals surface area contributed by atoms with E-state index in [1.54, 1.807) is 12.3 Å². The van der Waals surface area contributed by atoms with Crippen molar-refractivity contribution < 1.29 is 14.6 Å². The van der Waals surface area contributed by atoms with E-state index in [4.69, 9.17) is 4.74 Å². The predicted octanol–water partition coefficient (Wildman–Crippen LogP) is 3.84. The number of esters is 1. The van der Waals surface area contributed by atoms with Gasteiger partial charge in [0.05, 0.1) is 0 Å². The third kappa shape index (κ3) is 3.38. The van der Waals surface area contributed by atoms with Crippen molar-refractivity contribution in [1.29, 1.82) is 0 Å². The Labute approximate surface area is 146 Å². The number of ether oxygens (including phenoxy) is 1. The van der Waals surface area contributed by atoms with E-state index >= 15 is 0 Å². The van der Waals surface area contributed by atoms with Crippen LogP contribution in [0.3, 0.4) is 0 Å². The zero-order valence-corrected chi connectivity index (χ0v) is 13.9. The Morgan fingerprint density at radius 1 is 0.960 bits per heavy atom. The zero-order valence-electron chi connectivity index (χ0n) is 13.9. The number of rotatable bonds is 5. The molecule has 0 aliphatic heterocycles. The number of aromatic nitrogens is 1. The molecule has 2 aromatic carbocycles. The lowest BCUT2D eigenvalue weighted by atomic mass is 9.76. The molecule has 126 valence electrons. The maximum atomic E-state index is 13.0. The van der Waals surface area contributed by atoms with Crippen molar-refractivity contribution in [3.05, 3.63) is 95.8 Å². The molecule has 0 fully saturated rings. The monoisotopic (exact) mass is 333 g/mol. The Hall–Kier alpha value is -3.14. The van der Waals surface area contributed by atoms with E-state index in [2.05, 4.69) is 4.98 Å². The van der Waals surface area contributed by atoms with Crippen molar-refractivity contribution in [3.63, 3.8) is 0 Å². The van der Waals surface area contributed by atoms with Crippen LogP contribution in [0.2, 0.25) is 0 Å². The molecule has 0 atom stereocenters. The molecule has 0 saturated heterocycles. The van der Waals surface area contributed by atoms with E-state index in [0.717, 1.165) is 11.1 Å². The van der Waals surface area contributed by atoms with Gasteiger partial charge in [0, 0.05) is 6.20 Å². The largest absolute Gasteiger partial charge is 0.506 e. The number of carbonyl (C=O) groups is 1. The SMILES string of the molecule is CC(C(=O)OCc1ncccc1O)(c1ccccc1)c1ccccc1. The first-order chi connectivity index (χ1) is 12.1. The molecule has 1 heterocycles. The van der Waals surface area contributed by atoms with Gasteiger partial charge >= 0.3 is 5.97 Å². The molecule has 0 aliphatic rings. The van der Waals surface area contributed by atoms with E-state index in [0.29, 0.717) is 5.69 Å². The third-order valence-electron chi connectivity index (χ3n) is 4.32. The highest BCUT2D eigenvalue weighted by Gasteiger charge is 2.38. The van der Waals surface area contributed by atoms with E-state index in [-0.39, 0.29) is 12.4 Å². The fourth-order valence-corrected chi connectivity index (χ4v) is 2.76. The summed E-state index contributed by atoms with van der Waals surface area (Å²) in [7, 11) is 0. The second-order valence-corrected chi connectivity index (χ2v) is 5.90. The normalized spacial score (nSPS) is 11.1. The van der Waals surface area contributed by atoms with E-state index in [1.807, 2.05) is 67.6 Å². The first-order valence-electron chi connectivity index (χ1n) is 8.03. The Kier molecular flexibility index (Phi) is 4.80. The van der Waals surface area contributed by atoms with Crippen LogP contribution in [0.25, 0.3) is 0 Å². The molecule has 25 heavy (non-hydrogen) atoms. The van der Waals surface area contributed by atoms with Gasteiger partial charge in [-0.05, 0) is 30.2 Å². The lowest BCUT2D eigenvalue weighted by Crippen LogP contribution is -2.35. The second kappa shape index (κ2) is 7.18. The van der Waals surface area contributed by atoms with Crippen molar-refractivity contribution in [2.45, 2.75) is 18.9 Å². The maximum absolute atomic E-state index is 13.0. The van der Waals surface area contributed by atoms with Crippen molar-refractivity contribution >= 4 is 5.97 Å². The molecular weight excluding hydrogens is 314 g/mol. The van der Waals surface area contributed by atoms with Crippen LogP contribution in [0.15, 0.2) is 79.0 Å². The van der Waals surface area contributed by atoms with Gasteiger partial charge < -0.3 is 9.84 Å². The number of carbonyl (C=O) groups excluding carboxylic acids is 1. The highest BCUT2D eigenvalue weighted by Crippen LogP contribution is 2.33. The summed E-state index contributed by atoms with van der Waals surface area (Å²) in [5, 5.41) is 9.81. The van der Waals surface area contributed by atoms with E-state index < -0.39 is 11.4 Å². The summed E-state index contributed by atoms with van der Waals surface area (Å²) in [5.41, 5.74) is 1.07. The lowest BCUT2D eigenvalue weighted by molar-refractivity contribution is -0.149. The van der Waals surface area contributed by atoms with Crippen LogP contribution in [0.4, 0.5) is 0 Å². The zero-order chi connectivity index (χ0) is 17.7. The first-order valence-corrected chi connectivity index (χ1v) is 8.03. The molecule has 0 amide bonds. The maximum Gasteiger partial charge on any atom is 0.321 e. The lowest BCUT2D eigenvalue weighted by Gasteiger charge is -2.28. The predicted molar refractivity (Wildman–Crippen MR) is 95.0 cm³/mol. The van der Waals surface area contributed by atoms with Gasteiger partial charge in [-0.1, -0.05) is 60.7 Å². The van der Waals surface area contributed by atoms with Crippen LogP contribution in [0.1, 0.15) is 23.7 Å². The minimum absolute atomic E-state index is 0.0106. The number of aromatic hydroxyl groups is 1. The van der Waals surface area contributed by atoms with Crippen LogP contribution in [0, 0.1) is 0 Å². The molecule has 0 saturated carbocycles. The molecular formula is C21H19NO3. The molecule has 1 N–H and O–H groups in total. The van der Waals surface area contributed by atoms with Gasteiger partial charge in [0.1, 0.15) is 23.5 Å². The summed E-state index contributed by atoms with van der Waals surface area (Å²) in [4.78, 5) is 17.1. The Morgan fingerprint density at radius 2 is 1.52 bits per heavy atom. The highest BCUT2D eigenvalue weighted by molar-refractivity contribution is 5.87. The number of hydrogen-bond donors (Lipinski definition) is 1. The summed E-state index contributed by atoms with van der Waals surface area (Å²) < 4.78 is 5.52. The molecule has 3 rings (SSSR count). The van der Waals surface area contributed by atoms with Gasteiger partial charge in [0.15, 0.2) is 0 Å². The molecule has 0 spiro atoms. The first kappa shape index (κ1) is 16.7. The Morgan fingerprint density at radius 3 is 2.04 bits per heavy atom. The summed E-state index contributed by atoms with van der Waals surface area (Å²) in [6.45, 7) is 1.76. The van der Waals surface area contributed by atoms with Gasteiger partial charge in [0.2, 0.25) is 0 Å². The van der Waals surface area contributed by atoms with Gasteiger partial charge in [-0.3, -0.25) is 9.78 Å². The fourth-order valence-electron chi connectivity index (χ4n) is 2.76. The van der Waals surface area contributed by atoms with Gasteiger partial charge in [-0.25, -0.2) is 0 Å². The van der Waals surface area contributed by atoms with Crippen LogP contribution < -0.4 is 0 Å². The molecule has 4 nitrogen and oxygen atoms in total. The summed E-state index contributed by atoms with van der Waals surface area (Å²) in [6, 6.07) is 22.2. The van der Waals surface area contributed by atoms with Crippen LogP contribution in [-0.4, -0.2) is 16.1 Å². The molecule has 1 aromatic heterocycles. The van der Waals surface area contributed by atoms with Gasteiger partial charge in [-0.2, -0.15) is 0 Å². The Bertz CT molecular complexity index is 808. The van der Waals surface area contributed by atoms with Crippen molar-refractivity contribution in [2.24, 2.45) is 0 Å². The fraction of sp³-hybridized carbons (Fsp3) is 0.143. The number of benzene rings is 2. The molecule has 0 aliphatic carbocycles. The van der Waals surface area contributed by atoms with Crippen LogP contribution >= 0.6 is 0 Å². The summed E-state index contributed by atoms with van der Waals surface area (Å²) >= 11 is 0. The molecule has 0 bridgehead atoms. The minimum Gasteiger partial charge on any atom is -0.506 e. The molecule has 4 heteroatoms. The summed E-state index contributed by atoms with van der Waals surface area (Å²) in [5.74, 6) is -0.383. The van der Waals surface area contributed by atoms with Crippen LogP contribution in [-0.2, 0) is 21.6 Å². The van der Waals surface area contributed by atoms with E-state index in [9.17, 15) is 9.90 Å². The Balaban J connectivity index is 1.92. The highest BCUT2D eigenvalue weighted by atomic mass is 16.5. The summed E-state index contributed by atoms with van der Waals surface area (Å²) in [6.07, 6.45) is 1.55. The topological polar surface area (TPSA) is 59.4 Å². The third-order valence-corrected chi connectivity index (χ3v) is 4.32. The van der Waals surface area contributed by atoms with Gasteiger partial charge in [-0.15, -0.1) is 0 Å². The average Bonchev–Trinajstić information content (AvgIpc) is 2.68. The van der Waals surface area contributed by atoms with E-state index in [1.165, 1.54) is 6.07 Å². The quantitative estimate of drug-likeness (QED) is 0.721. The number of nitrogens with zero attached hydrogens (tertiary/aromatic N) is 1. The van der Waals surface area contributed by atoms with Gasteiger partial charge in [0.25, 0.3) is 0 Å². The molecule has 3 aromatic rings. The van der Waals surface area contributed by atoms with Crippen molar-refractivity contribution in [1.82, 2.24) is 4.98 Å². The van der Waals surface area contributed by atoms with Crippen LogP contribution in [0.5, 0.6) is 5.75 Å². The minimum atomic E-state index is -0.951. The number of pyridine rings is 1. The molecule has 0 radical (unpaired) electrons. The molecule has 0 unspecified atom stereocenters. The number of hydrogen-bond acceptors (Lipinski definition) is 4.